The van der Waals surface area contributed by atoms with Gasteiger partial charge in [0.25, 0.3) is 0 Å². The molecule has 0 amide bonds. The standard InChI is InChI=1S/C11H12OS/c1-4-5-6-11(12)10-7-13-9(3)8(10)2/h7H,6H2,1-3H3. The van der Waals surface area contributed by atoms with E-state index in [0.29, 0.717) is 6.42 Å². The van der Waals surface area contributed by atoms with Gasteiger partial charge in [0.2, 0.25) is 0 Å². The van der Waals surface area contributed by atoms with Gasteiger partial charge >= 0.3 is 0 Å². The fourth-order valence-corrected chi connectivity index (χ4v) is 1.94. The number of carbonyl (C=O) groups excluding carboxylic acids is 1. The Morgan fingerprint density at radius 1 is 1.54 bits per heavy atom. The summed E-state index contributed by atoms with van der Waals surface area (Å²) < 4.78 is 0. The first-order chi connectivity index (χ1) is 6.16. The Kier molecular flexibility index (Phi) is 3.27. The van der Waals surface area contributed by atoms with Gasteiger partial charge < -0.3 is 0 Å². The highest BCUT2D eigenvalue weighted by Crippen LogP contribution is 2.21. The number of carbonyl (C=O) groups is 1. The molecule has 13 heavy (non-hydrogen) atoms. The van der Waals surface area contributed by atoms with Gasteiger partial charge in [0.05, 0.1) is 6.42 Å². The van der Waals surface area contributed by atoms with Crippen molar-refractivity contribution < 1.29 is 4.79 Å². The van der Waals surface area contributed by atoms with E-state index in [1.165, 1.54) is 4.88 Å². The van der Waals surface area contributed by atoms with Crippen LogP contribution >= 0.6 is 11.3 Å². The van der Waals surface area contributed by atoms with Crippen molar-refractivity contribution in [3.05, 3.63) is 21.4 Å². The van der Waals surface area contributed by atoms with E-state index in [9.17, 15) is 4.79 Å². The van der Waals surface area contributed by atoms with Crippen molar-refractivity contribution in [2.24, 2.45) is 0 Å². The highest BCUT2D eigenvalue weighted by molar-refractivity contribution is 7.10. The normalized spacial score (nSPS) is 9.15. The van der Waals surface area contributed by atoms with Crippen LogP contribution in [0.5, 0.6) is 0 Å². The van der Waals surface area contributed by atoms with Crippen molar-refractivity contribution in [2.45, 2.75) is 27.2 Å². The van der Waals surface area contributed by atoms with Crippen molar-refractivity contribution in [3.63, 3.8) is 0 Å². The minimum Gasteiger partial charge on any atom is -0.293 e. The summed E-state index contributed by atoms with van der Waals surface area (Å²) in [5, 5.41) is 1.92. The second kappa shape index (κ2) is 4.25. The van der Waals surface area contributed by atoms with Crippen LogP contribution in [0, 0.1) is 25.7 Å². The van der Waals surface area contributed by atoms with Crippen LogP contribution < -0.4 is 0 Å². The second-order valence-electron chi connectivity index (χ2n) is 2.86. The number of hydrogen-bond acceptors (Lipinski definition) is 2. The molecule has 0 radical (unpaired) electrons. The Bertz CT molecular complexity index is 377. The molecule has 0 spiro atoms. The van der Waals surface area contributed by atoms with Crippen LogP contribution in [-0.4, -0.2) is 5.78 Å². The highest BCUT2D eigenvalue weighted by atomic mass is 32.1. The quantitative estimate of drug-likeness (QED) is 0.520. The van der Waals surface area contributed by atoms with Gasteiger partial charge in [0.15, 0.2) is 5.78 Å². The Morgan fingerprint density at radius 3 is 2.69 bits per heavy atom. The van der Waals surface area contributed by atoms with Gasteiger partial charge in [-0.2, -0.15) is 0 Å². The number of rotatable bonds is 2. The van der Waals surface area contributed by atoms with E-state index >= 15 is 0 Å². The third-order valence-corrected chi connectivity index (χ3v) is 3.03. The average molecular weight is 192 g/mol. The number of hydrogen-bond donors (Lipinski definition) is 0. The third kappa shape index (κ3) is 2.19. The topological polar surface area (TPSA) is 17.1 Å². The van der Waals surface area contributed by atoms with Gasteiger partial charge in [-0.25, -0.2) is 0 Å². The fraction of sp³-hybridized carbons (Fsp3) is 0.364. The molecule has 0 N–H and O–H groups in total. The van der Waals surface area contributed by atoms with Crippen LogP contribution in [0.4, 0.5) is 0 Å². The molecule has 0 bridgehead atoms. The van der Waals surface area contributed by atoms with Crippen LogP contribution in [0.15, 0.2) is 5.38 Å². The predicted octanol–water partition coefficient (Wildman–Crippen LogP) is 2.96. The van der Waals surface area contributed by atoms with Crippen molar-refractivity contribution in [3.8, 4) is 11.8 Å². The van der Waals surface area contributed by atoms with Crippen LogP contribution in [0.2, 0.25) is 0 Å². The zero-order valence-corrected chi connectivity index (χ0v) is 8.92. The van der Waals surface area contributed by atoms with E-state index < -0.39 is 0 Å². The summed E-state index contributed by atoms with van der Waals surface area (Å²) in [4.78, 5) is 12.8. The Morgan fingerprint density at radius 2 is 2.23 bits per heavy atom. The van der Waals surface area contributed by atoms with E-state index in [-0.39, 0.29) is 5.78 Å². The lowest BCUT2D eigenvalue weighted by Gasteiger charge is -1.94. The summed E-state index contributed by atoms with van der Waals surface area (Å²) in [6.45, 7) is 5.76. The van der Waals surface area contributed by atoms with Crippen LogP contribution in [0.25, 0.3) is 0 Å². The fourth-order valence-electron chi connectivity index (χ4n) is 1.05. The molecular formula is C11H12OS. The first-order valence-corrected chi connectivity index (χ1v) is 5.02. The smallest absolute Gasteiger partial charge is 0.175 e. The first kappa shape index (κ1) is 10.0. The summed E-state index contributed by atoms with van der Waals surface area (Å²) in [5.74, 6) is 5.65. The number of ketones is 1. The lowest BCUT2D eigenvalue weighted by molar-refractivity contribution is 0.0998. The minimum absolute atomic E-state index is 0.135. The molecule has 2 heteroatoms. The van der Waals surface area contributed by atoms with E-state index in [1.54, 1.807) is 18.3 Å². The van der Waals surface area contributed by atoms with Crippen molar-refractivity contribution >= 4 is 17.1 Å². The lowest BCUT2D eigenvalue weighted by Crippen LogP contribution is -1.97. The zero-order chi connectivity index (χ0) is 9.84. The summed E-state index contributed by atoms with van der Waals surface area (Å²) in [6, 6.07) is 0. The maximum absolute atomic E-state index is 11.5. The van der Waals surface area contributed by atoms with E-state index in [4.69, 9.17) is 0 Å². The molecule has 68 valence electrons. The molecular weight excluding hydrogens is 180 g/mol. The SMILES string of the molecule is CC#CCC(=O)c1csc(C)c1C. The van der Waals surface area contributed by atoms with Gasteiger partial charge in [0, 0.05) is 15.8 Å². The van der Waals surface area contributed by atoms with Gasteiger partial charge in [-0.1, -0.05) is 5.92 Å². The Labute approximate surface area is 82.8 Å². The number of thiophene rings is 1. The van der Waals surface area contributed by atoms with Crippen LogP contribution in [0.1, 0.15) is 34.1 Å². The van der Waals surface area contributed by atoms with Crippen molar-refractivity contribution in [1.29, 1.82) is 0 Å². The van der Waals surface area contributed by atoms with Gasteiger partial charge in [0.1, 0.15) is 0 Å². The molecule has 0 aromatic carbocycles. The highest BCUT2D eigenvalue weighted by Gasteiger charge is 2.10. The Hall–Kier alpha value is -1.07. The minimum atomic E-state index is 0.135. The molecule has 1 aromatic rings. The third-order valence-electron chi connectivity index (χ3n) is 2.01. The molecule has 0 atom stereocenters. The maximum Gasteiger partial charge on any atom is 0.175 e. The monoisotopic (exact) mass is 192 g/mol. The van der Waals surface area contributed by atoms with Gasteiger partial charge in [-0.15, -0.1) is 17.3 Å². The number of aryl methyl sites for hydroxylation is 1. The van der Waals surface area contributed by atoms with E-state index in [1.807, 2.05) is 19.2 Å². The molecule has 1 aromatic heterocycles. The molecule has 0 saturated carbocycles. The molecule has 0 aliphatic carbocycles. The lowest BCUT2D eigenvalue weighted by atomic mass is 10.1. The van der Waals surface area contributed by atoms with E-state index in [0.717, 1.165) is 11.1 Å². The molecule has 0 saturated heterocycles. The molecule has 0 aliphatic heterocycles. The second-order valence-corrected chi connectivity index (χ2v) is 3.94. The Balaban J connectivity index is 2.87. The van der Waals surface area contributed by atoms with Gasteiger partial charge in [-0.3, -0.25) is 4.79 Å². The molecule has 1 heterocycles. The zero-order valence-electron chi connectivity index (χ0n) is 8.10. The molecule has 0 fully saturated rings. The van der Waals surface area contributed by atoms with Crippen LogP contribution in [0.3, 0.4) is 0 Å². The molecule has 1 nitrogen and oxygen atoms in total. The predicted molar refractivity (Wildman–Crippen MR) is 56.2 cm³/mol. The van der Waals surface area contributed by atoms with Crippen molar-refractivity contribution in [2.75, 3.05) is 0 Å². The van der Waals surface area contributed by atoms with Crippen LogP contribution in [-0.2, 0) is 0 Å². The number of Topliss-reactive ketones (excluding diaryl/α,β-unsaturated/α-hetero) is 1. The first-order valence-electron chi connectivity index (χ1n) is 4.14. The molecule has 0 aliphatic rings. The van der Waals surface area contributed by atoms with Crippen molar-refractivity contribution in [1.82, 2.24) is 0 Å². The largest absolute Gasteiger partial charge is 0.293 e. The summed E-state index contributed by atoms with van der Waals surface area (Å²) in [7, 11) is 0. The summed E-state index contributed by atoms with van der Waals surface area (Å²) >= 11 is 1.62. The summed E-state index contributed by atoms with van der Waals surface area (Å²) in [6.07, 6.45) is 0.341. The molecule has 1 rings (SSSR count). The summed E-state index contributed by atoms with van der Waals surface area (Å²) in [5.41, 5.74) is 1.94. The van der Waals surface area contributed by atoms with E-state index in [2.05, 4.69) is 11.8 Å². The van der Waals surface area contributed by atoms with Gasteiger partial charge in [-0.05, 0) is 26.3 Å². The average Bonchev–Trinajstić information content (AvgIpc) is 2.44. The molecule has 0 unspecified atom stereocenters. The maximum atomic E-state index is 11.5.